The van der Waals surface area contributed by atoms with Gasteiger partial charge in [0, 0.05) is 11.3 Å². The SMILES string of the molecule is Nc1nc(-c2nc(C3CCS(=O)(=O)C3)no2)cs1. The average molecular weight is 286 g/mol. The zero-order valence-corrected chi connectivity index (χ0v) is 10.9. The summed E-state index contributed by atoms with van der Waals surface area (Å²) in [4.78, 5) is 8.22. The quantitative estimate of drug-likeness (QED) is 0.863. The highest BCUT2D eigenvalue weighted by Gasteiger charge is 2.32. The van der Waals surface area contributed by atoms with Crippen molar-refractivity contribution in [1.82, 2.24) is 15.1 Å². The van der Waals surface area contributed by atoms with E-state index >= 15 is 0 Å². The fraction of sp³-hybridized carbons (Fsp3) is 0.444. The number of nitrogen functional groups attached to an aromatic ring is 1. The van der Waals surface area contributed by atoms with Gasteiger partial charge in [0.25, 0.3) is 5.89 Å². The fourth-order valence-electron chi connectivity index (χ4n) is 1.89. The van der Waals surface area contributed by atoms with Gasteiger partial charge in [-0.1, -0.05) is 5.16 Å². The summed E-state index contributed by atoms with van der Waals surface area (Å²) >= 11 is 1.28. The average Bonchev–Trinajstić information content (AvgIpc) is 2.96. The van der Waals surface area contributed by atoms with Crippen LogP contribution in [-0.4, -0.2) is 35.0 Å². The second kappa shape index (κ2) is 4.02. The molecule has 1 saturated heterocycles. The standard InChI is InChI=1S/C9H10N4O3S2/c10-9-11-6(3-17-9)8-12-7(13-16-8)5-1-2-18(14,15)4-5/h3,5H,1-2,4H2,(H2,10,11). The largest absolute Gasteiger partial charge is 0.375 e. The minimum absolute atomic E-state index is 0.0885. The Morgan fingerprint density at radius 2 is 2.28 bits per heavy atom. The predicted octanol–water partition coefficient (Wildman–Crippen LogP) is 0.677. The smallest absolute Gasteiger partial charge is 0.277 e. The predicted molar refractivity (Wildman–Crippen MR) is 65.8 cm³/mol. The van der Waals surface area contributed by atoms with Crippen LogP contribution in [0.3, 0.4) is 0 Å². The molecule has 1 aliphatic rings. The normalized spacial score (nSPS) is 22.3. The van der Waals surface area contributed by atoms with Crippen molar-refractivity contribution in [1.29, 1.82) is 0 Å². The zero-order valence-electron chi connectivity index (χ0n) is 9.24. The minimum Gasteiger partial charge on any atom is -0.375 e. The summed E-state index contributed by atoms with van der Waals surface area (Å²) in [5.74, 6) is 0.805. The number of nitrogens with two attached hydrogens (primary N) is 1. The molecule has 1 fully saturated rings. The highest BCUT2D eigenvalue weighted by atomic mass is 32.2. The van der Waals surface area contributed by atoms with Crippen LogP contribution < -0.4 is 5.73 Å². The van der Waals surface area contributed by atoms with Gasteiger partial charge >= 0.3 is 0 Å². The molecule has 0 saturated carbocycles. The Balaban J connectivity index is 1.86. The van der Waals surface area contributed by atoms with Crippen LogP contribution in [0.2, 0.25) is 0 Å². The minimum atomic E-state index is -2.95. The monoisotopic (exact) mass is 286 g/mol. The van der Waals surface area contributed by atoms with E-state index in [-0.39, 0.29) is 23.3 Å². The first kappa shape index (κ1) is 11.6. The molecule has 9 heteroatoms. The van der Waals surface area contributed by atoms with E-state index < -0.39 is 9.84 Å². The van der Waals surface area contributed by atoms with Crippen molar-refractivity contribution in [2.45, 2.75) is 12.3 Å². The van der Waals surface area contributed by atoms with Gasteiger partial charge in [0.1, 0.15) is 5.69 Å². The summed E-state index contributed by atoms with van der Waals surface area (Å²) in [5.41, 5.74) is 6.04. The Morgan fingerprint density at radius 1 is 1.44 bits per heavy atom. The first-order chi connectivity index (χ1) is 8.53. The lowest BCUT2D eigenvalue weighted by atomic mass is 10.1. The lowest BCUT2D eigenvalue weighted by molar-refractivity contribution is 0.417. The number of hydrogen-bond acceptors (Lipinski definition) is 8. The maximum atomic E-state index is 11.4. The Morgan fingerprint density at radius 3 is 2.89 bits per heavy atom. The van der Waals surface area contributed by atoms with Gasteiger partial charge in [-0.05, 0) is 6.42 Å². The van der Waals surface area contributed by atoms with Crippen LogP contribution in [0.1, 0.15) is 18.2 Å². The number of thiazole rings is 1. The Bertz CT molecular complexity index is 676. The van der Waals surface area contributed by atoms with Crippen LogP contribution in [0.4, 0.5) is 5.13 Å². The number of rotatable bonds is 2. The highest BCUT2D eigenvalue weighted by molar-refractivity contribution is 7.91. The first-order valence-electron chi connectivity index (χ1n) is 5.29. The van der Waals surface area contributed by atoms with Crippen molar-refractivity contribution >= 4 is 26.3 Å². The van der Waals surface area contributed by atoms with Crippen molar-refractivity contribution in [3.63, 3.8) is 0 Å². The van der Waals surface area contributed by atoms with Crippen LogP contribution in [-0.2, 0) is 9.84 Å². The van der Waals surface area contributed by atoms with Crippen LogP contribution in [0, 0.1) is 0 Å². The van der Waals surface area contributed by atoms with Crippen LogP contribution in [0.15, 0.2) is 9.90 Å². The molecule has 0 aromatic carbocycles. The molecule has 1 aliphatic heterocycles. The number of sulfone groups is 1. The van der Waals surface area contributed by atoms with Gasteiger partial charge in [0.2, 0.25) is 0 Å². The molecule has 3 heterocycles. The molecule has 0 radical (unpaired) electrons. The van der Waals surface area contributed by atoms with Gasteiger partial charge in [-0.3, -0.25) is 0 Å². The third kappa shape index (κ3) is 2.10. The van der Waals surface area contributed by atoms with E-state index in [0.717, 1.165) is 0 Å². The molecule has 0 spiro atoms. The topological polar surface area (TPSA) is 112 Å². The summed E-state index contributed by atoms with van der Waals surface area (Å²) < 4.78 is 27.8. The molecule has 96 valence electrons. The summed E-state index contributed by atoms with van der Waals surface area (Å²) in [6.07, 6.45) is 0.542. The third-order valence-corrected chi connectivity index (χ3v) is 5.22. The van der Waals surface area contributed by atoms with E-state index in [9.17, 15) is 8.42 Å². The van der Waals surface area contributed by atoms with E-state index in [0.29, 0.717) is 23.1 Å². The molecular formula is C9H10N4O3S2. The lowest BCUT2D eigenvalue weighted by Gasteiger charge is -1.97. The second-order valence-electron chi connectivity index (χ2n) is 4.13. The highest BCUT2D eigenvalue weighted by Crippen LogP contribution is 2.29. The molecule has 2 aromatic heterocycles. The number of hydrogen-bond donors (Lipinski definition) is 1. The summed E-state index contributed by atoms with van der Waals surface area (Å²) in [6, 6.07) is 0. The van der Waals surface area contributed by atoms with Crippen molar-refractivity contribution in [3.05, 3.63) is 11.2 Å². The Labute approximate surface area is 107 Å². The molecule has 3 rings (SSSR count). The Hall–Kier alpha value is -1.48. The maximum absolute atomic E-state index is 11.4. The van der Waals surface area contributed by atoms with Crippen molar-refractivity contribution in [2.75, 3.05) is 17.2 Å². The van der Waals surface area contributed by atoms with E-state index in [1.54, 1.807) is 5.38 Å². The fourth-order valence-corrected chi connectivity index (χ4v) is 4.17. The van der Waals surface area contributed by atoms with Gasteiger partial charge in [-0.2, -0.15) is 4.98 Å². The van der Waals surface area contributed by atoms with Crippen molar-refractivity contribution in [2.24, 2.45) is 0 Å². The number of aromatic nitrogens is 3. The van der Waals surface area contributed by atoms with E-state index in [2.05, 4.69) is 15.1 Å². The lowest BCUT2D eigenvalue weighted by Crippen LogP contribution is -2.05. The summed E-state index contributed by atoms with van der Waals surface area (Å²) in [5, 5.41) is 5.97. The van der Waals surface area contributed by atoms with Crippen LogP contribution in [0.5, 0.6) is 0 Å². The molecule has 0 amide bonds. The molecule has 0 aliphatic carbocycles. The molecule has 2 aromatic rings. The molecule has 18 heavy (non-hydrogen) atoms. The number of nitrogens with zero attached hydrogens (tertiary/aromatic N) is 3. The van der Waals surface area contributed by atoms with Crippen molar-refractivity contribution < 1.29 is 12.9 Å². The van der Waals surface area contributed by atoms with E-state index in [1.165, 1.54) is 11.3 Å². The van der Waals surface area contributed by atoms with Gasteiger partial charge in [-0.15, -0.1) is 11.3 Å². The Kier molecular flexibility index (Phi) is 2.59. The van der Waals surface area contributed by atoms with E-state index in [1.807, 2.05) is 0 Å². The second-order valence-corrected chi connectivity index (χ2v) is 7.25. The molecule has 1 unspecified atom stereocenters. The van der Waals surface area contributed by atoms with E-state index in [4.69, 9.17) is 10.3 Å². The van der Waals surface area contributed by atoms with Crippen LogP contribution in [0.25, 0.3) is 11.6 Å². The van der Waals surface area contributed by atoms with Gasteiger partial charge in [-0.25, -0.2) is 13.4 Å². The molecule has 2 N–H and O–H groups in total. The van der Waals surface area contributed by atoms with Gasteiger partial charge in [0.15, 0.2) is 20.8 Å². The van der Waals surface area contributed by atoms with Crippen molar-refractivity contribution in [3.8, 4) is 11.6 Å². The summed E-state index contributed by atoms with van der Waals surface area (Å²) in [6.45, 7) is 0. The number of anilines is 1. The maximum Gasteiger partial charge on any atom is 0.277 e. The van der Waals surface area contributed by atoms with Gasteiger partial charge in [0.05, 0.1) is 11.5 Å². The molecule has 1 atom stereocenters. The van der Waals surface area contributed by atoms with Crippen LogP contribution >= 0.6 is 11.3 Å². The first-order valence-corrected chi connectivity index (χ1v) is 7.99. The zero-order chi connectivity index (χ0) is 12.8. The summed E-state index contributed by atoms with van der Waals surface area (Å²) in [7, 11) is -2.95. The molecular weight excluding hydrogens is 276 g/mol. The molecule has 7 nitrogen and oxygen atoms in total. The van der Waals surface area contributed by atoms with Gasteiger partial charge < -0.3 is 10.3 Å². The molecule has 0 bridgehead atoms. The third-order valence-electron chi connectivity index (χ3n) is 2.78.